The van der Waals surface area contributed by atoms with Crippen LogP contribution in [0.25, 0.3) is 0 Å². The Morgan fingerprint density at radius 1 is 1.08 bits per heavy atom. The smallest absolute Gasteiger partial charge is 0.357 e. The van der Waals surface area contributed by atoms with Crippen LogP contribution in [-0.2, 0) is 11.0 Å². The van der Waals surface area contributed by atoms with Gasteiger partial charge in [0, 0.05) is 30.9 Å². The summed E-state index contributed by atoms with van der Waals surface area (Å²) in [4.78, 5) is 18.0. The van der Waals surface area contributed by atoms with Crippen LogP contribution in [0.5, 0.6) is 0 Å². The standard InChI is InChI=1S/C18H17F4N3O/c19-14-2-4-15(5-3-14)24-17(26)12-7-9-25(10-8-12)16-6-1-13(11-23-16)18(20,21)22/h1-6,11-12H,7-10H2,(H,24,26). The second-order valence-corrected chi connectivity index (χ2v) is 6.16. The van der Waals surface area contributed by atoms with Crippen molar-refractivity contribution in [1.82, 2.24) is 4.98 Å². The van der Waals surface area contributed by atoms with E-state index in [0.717, 1.165) is 12.3 Å². The van der Waals surface area contributed by atoms with Crippen LogP contribution in [-0.4, -0.2) is 24.0 Å². The summed E-state index contributed by atoms with van der Waals surface area (Å²) < 4.78 is 50.6. The predicted molar refractivity (Wildman–Crippen MR) is 89.2 cm³/mol. The zero-order chi connectivity index (χ0) is 18.7. The van der Waals surface area contributed by atoms with Crippen LogP contribution in [0.15, 0.2) is 42.6 Å². The van der Waals surface area contributed by atoms with Crippen molar-refractivity contribution in [2.45, 2.75) is 19.0 Å². The topological polar surface area (TPSA) is 45.2 Å². The van der Waals surface area contributed by atoms with Gasteiger partial charge < -0.3 is 10.2 Å². The summed E-state index contributed by atoms with van der Waals surface area (Å²) in [7, 11) is 0. The number of piperidine rings is 1. The first-order valence-electron chi connectivity index (χ1n) is 8.17. The van der Waals surface area contributed by atoms with Gasteiger partial charge in [-0.15, -0.1) is 0 Å². The van der Waals surface area contributed by atoms with E-state index in [1.54, 1.807) is 0 Å². The quantitative estimate of drug-likeness (QED) is 0.831. The lowest BCUT2D eigenvalue weighted by Gasteiger charge is -2.32. The van der Waals surface area contributed by atoms with E-state index in [-0.39, 0.29) is 17.6 Å². The van der Waals surface area contributed by atoms with Crippen LogP contribution in [0, 0.1) is 11.7 Å². The summed E-state index contributed by atoms with van der Waals surface area (Å²) in [5.41, 5.74) is -0.252. The van der Waals surface area contributed by atoms with Crippen molar-refractivity contribution in [3.05, 3.63) is 54.0 Å². The maximum absolute atomic E-state index is 12.9. The van der Waals surface area contributed by atoms with Crippen molar-refractivity contribution in [1.29, 1.82) is 0 Å². The van der Waals surface area contributed by atoms with Gasteiger partial charge in [-0.1, -0.05) is 0 Å². The van der Waals surface area contributed by atoms with Crippen molar-refractivity contribution in [3.63, 3.8) is 0 Å². The van der Waals surface area contributed by atoms with E-state index in [2.05, 4.69) is 10.3 Å². The number of anilines is 2. The van der Waals surface area contributed by atoms with Crippen molar-refractivity contribution < 1.29 is 22.4 Å². The maximum atomic E-state index is 12.9. The summed E-state index contributed by atoms with van der Waals surface area (Å²) >= 11 is 0. The molecule has 0 atom stereocenters. The number of alkyl halides is 3. The number of halogens is 4. The third-order valence-electron chi connectivity index (χ3n) is 4.38. The highest BCUT2D eigenvalue weighted by atomic mass is 19.4. The lowest BCUT2D eigenvalue weighted by Crippen LogP contribution is -2.38. The minimum atomic E-state index is -4.41. The molecule has 0 aliphatic carbocycles. The molecule has 4 nitrogen and oxygen atoms in total. The molecular weight excluding hydrogens is 350 g/mol. The average Bonchev–Trinajstić information content (AvgIpc) is 2.63. The molecule has 26 heavy (non-hydrogen) atoms. The van der Waals surface area contributed by atoms with Crippen LogP contribution in [0.4, 0.5) is 29.1 Å². The summed E-state index contributed by atoms with van der Waals surface area (Å²) in [5.74, 6) is -0.252. The van der Waals surface area contributed by atoms with E-state index in [1.165, 1.54) is 30.3 Å². The molecule has 0 bridgehead atoms. The summed E-state index contributed by atoms with van der Waals surface area (Å²) in [6.07, 6.45) is -2.45. The molecule has 1 N–H and O–H groups in total. The third-order valence-corrected chi connectivity index (χ3v) is 4.38. The minimum Gasteiger partial charge on any atom is -0.357 e. The van der Waals surface area contributed by atoms with Gasteiger partial charge in [0.25, 0.3) is 0 Å². The maximum Gasteiger partial charge on any atom is 0.417 e. The van der Waals surface area contributed by atoms with Crippen LogP contribution in [0.2, 0.25) is 0 Å². The molecule has 1 aromatic heterocycles. The van der Waals surface area contributed by atoms with Gasteiger partial charge in [-0.25, -0.2) is 9.37 Å². The molecule has 8 heteroatoms. The molecule has 0 saturated carbocycles. The first-order chi connectivity index (χ1) is 12.3. The molecule has 1 aliphatic rings. The highest BCUT2D eigenvalue weighted by Crippen LogP contribution is 2.30. The summed E-state index contributed by atoms with van der Waals surface area (Å²) in [5, 5.41) is 2.75. The zero-order valence-electron chi connectivity index (χ0n) is 13.8. The van der Waals surface area contributed by atoms with E-state index < -0.39 is 11.7 Å². The number of nitrogens with zero attached hydrogens (tertiary/aromatic N) is 2. The monoisotopic (exact) mass is 367 g/mol. The number of carbonyl (C=O) groups excluding carboxylic acids is 1. The normalized spacial score (nSPS) is 15.8. The van der Waals surface area contributed by atoms with Crippen molar-refractivity contribution in [2.24, 2.45) is 5.92 Å². The van der Waals surface area contributed by atoms with Gasteiger partial charge in [0.2, 0.25) is 5.91 Å². The zero-order valence-corrected chi connectivity index (χ0v) is 13.8. The number of hydrogen-bond acceptors (Lipinski definition) is 3. The number of hydrogen-bond donors (Lipinski definition) is 1. The summed E-state index contributed by atoms with van der Waals surface area (Å²) in [6, 6.07) is 7.89. The van der Waals surface area contributed by atoms with Crippen molar-refractivity contribution in [3.8, 4) is 0 Å². The van der Waals surface area contributed by atoms with Gasteiger partial charge in [-0.2, -0.15) is 13.2 Å². The highest BCUT2D eigenvalue weighted by molar-refractivity contribution is 5.92. The highest BCUT2D eigenvalue weighted by Gasteiger charge is 2.31. The Morgan fingerprint density at radius 2 is 1.73 bits per heavy atom. The number of carbonyl (C=O) groups is 1. The molecule has 0 spiro atoms. The Kier molecular flexibility index (Phi) is 5.11. The van der Waals surface area contributed by atoms with E-state index in [1.807, 2.05) is 4.90 Å². The second-order valence-electron chi connectivity index (χ2n) is 6.16. The van der Waals surface area contributed by atoms with Gasteiger partial charge in [0.15, 0.2) is 0 Å². The molecule has 3 rings (SSSR count). The molecule has 1 aromatic carbocycles. The molecule has 2 aromatic rings. The SMILES string of the molecule is O=C(Nc1ccc(F)cc1)C1CCN(c2ccc(C(F)(F)F)cn2)CC1. The number of amides is 1. The molecular formula is C18H17F4N3O. The largest absolute Gasteiger partial charge is 0.417 e. The van der Waals surface area contributed by atoms with Gasteiger partial charge >= 0.3 is 6.18 Å². The van der Waals surface area contributed by atoms with Crippen LogP contribution in [0.1, 0.15) is 18.4 Å². The van der Waals surface area contributed by atoms with Crippen LogP contribution < -0.4 is 10.2 Å². The molecule has 138 valence electrons. The molecule has 1 fully saturated rings. The Hall–Kier alpha value is -2.64. The van der Waals surface area contributed by atoms with Gasteiger partial charge in [0.1, 0.15) is 11.6 Å². The van der Waals surface area contributed by atoms with E-state index >= 15 is 0 Å². The Labute approximate surface area is 147 Å². The Balaban J connectivity index is 1.55. The number of benzene rings is 1. The first kappa shape index (κ1) is 18.2. The van der Waals surface area contributed by atoms with Crippen LogP contribution in [0.3, 0.4) is 0 Å². The predicted octanol–water partition coefficient (Wildman–Crippen LogP) is 4.09. The van der Waals surface area contributed by atoms with Crippen molar-refractivity contribution >= 4 is 17.4 Å². The molecule has 0 unspecified atom stereocenters. The Morgan fingerprint density at radius 3 is 2.27 bits per heavy atom. The molecule has 1 amide bonds. The minimum absolute atomic E-state index is 0.142. The third kappa shape index (κ3) is 4.30. The lowest BCUT2D eigenvalue weighted by atomic mass is 9.95. The lowest BCUT2D eigenvalue weighted by molar-refractivity contribution is -0.137. The number of nitrogens with one attached hydrogen (secondary N) is 1. The van der Waals surface area contributed by atoms with Gasteiger partial charge in [-0.05, 0) is 49.2 Å². The number of rotatable bonds is 3. The fraction of sp³-hybridized carbons (Fsp3) is 0.333. The molecule has 1 saturated heterocycles. The molecule has 1 aliphatic heterocycles. The van der Waals surface area contributed by atoms with E-state index in [4.69, 9.17) is 0 Å². The molecule has 0 radical (unpaired) electrons. The van der Waals surface area contributed by atoms with E-state index in [9.17, 15) is 22.4 Å². The van der Waals surface area contributed by atoms with E-state index in [0.29, 0.717) is 37.4 Å². The van der Waals surface area contributed by atoms with Crippen LogP contribution >= 0.6 is 0 Å². The number of aromatic nitrogens is 1. The fourth-order valence-electron chi connectivity index (χ4n) is 2.89. The molecule has 2 heterocycles. The average molecular weight is 367 g/mol. The van der Waals surface area contributed by atoms with Gasteiger partial charge in [-0.3, -0.25) is 4.79 Å². The van der Waals surface area contributed by atoms with Gasteiger partial charge in [0.05, 0.1) is 5.56 Å². The Bertz CT molecular complexity index is 752. The number of pyridine rings is 1. The second kappa shape index (κ2) is 7.31. The van der Waals surface area contributed by atoms with Crippen molar-refractivity contribution in [2.75, 3.05) is 23.3 Å². The fourth-order valence-corrected chi connectivity index (χ4v) is 2.89. The summed E-state index contributed by atoms with van der Waals surface area (Å²) in [6.45, 7) is 1.06. The first-order valence-corrected chi connectivity index (χ1v) is 8.17.